The summed E-state index contributed by atoms with van der Waals surface area (Å²) in [6.07, 6.45) is 0.572. The van der Waals surface area contributed by atoms with Crippen molar-refractivity contribution in [2.24, 2.45) is 5.14 Å². The van der Waals surface area contributed by atoms with Crippen molar-refractivity contribution in [3.05, 3.63) is 52.5 Å². The van der Waals surface area contributed by atoms with E-state index in [4.69, 9.17) is 14.7 Å². The van der Waals surface area contributed by atoms with Crippen molar-refractivity contribution in [3.63, 3.8) is 0 Å². The van der Waals surface area contributed by atoms with Gasteiger partial charge in [-0.05, 0) is 36.6 Å². The second-order valence-corrected chi connectivity index (χ2v) is 7.37. The van der Waals surface area contributed by atoms with Crippen LogP contribution in [0.1, 0.15) is 37.8 Å². The molecule has 0 aliphatic carbocycles. The molecule has 0 atom stereocenters. The van der Waals surface area contributed by atoms with Crippen LogP contribution in [0.4, 0.5) is 0 Å². The van der Waals surface area contributed by atoms with E-state index in [0.29, 0.717) is 13.0 Å². The summed E-state index contributed by atoms with van der Waals surface area (Å²) in [5.74, 6) is -1.56. The molecule has 1 aromatic carbocycles. The summed E-state index contributed by atoms with van der Waals surface area (Å²) in [7, 11) is -3.97. The van der Waals surface area contributed by atoms with Crippen LogP contribution in [0.2, 0.25) is 0 Å². The van der Waals surface area contributed by atoms with E-state index in [0.717, 1.165) is 17.2 Å². The number of amides is 1. The highest BCUT2D eigenvalue weighted by molar-refractivity contribution is 7.89. The van der Waals surface area contributed by atoms with Crippen LogP contribution in [0.5, 0.6) is 0 Å². The molecule has 0 saturated heterocycles. The molecular formula is C16H16N2O6S. The zero-order valence-electron chi connectivity index (χ0n) is 13.4. The topological polar surface area (TPSA) is 131 Å². The largest absolute Gasteiger partial charge is 0.478 e. The molecule has 8 nitrogen and oxygen atoms in total. The van der Waals surface area contributed by atoms with E-state index < -0.39 is 21.9 Å². The SMILES string of the molecule is Cc1oc(C(=O)N2CCc3ccc(C(=O)O)cc3C2)cc1S(N)(=O)=O. The summed E-state index contributed by atoms with van der Waals surface area (Å²) in [4.78, 5) is 25.0. The average molecular weight is 364 g/mol. The molecule has 132 valence electrons. The quantitative estimate of drug-likeness (QED) is 0.839. The van der Waals surface area contributed by atoms with E-state index in [-0.39, 0.29) is 28.5 Å². The molecule has 1 aliphatic rings. The molecule has 2 heterocycles. The first-order chi connectivity index (χ1) is 11.7. The smallest absolute Gasteiger partial charge is 0.335 e. The van der Waals surface area contributed by atoms with Crippen LogP contribution in [-0.4, -0.2) is 36.8 Å². The molecule has 2 aromatic rings. The third-order valence-electron chi connectivity index (χ3n) is 4.14. The zero-order valence-corrected chi connectivity index (χ0v) is 14.2. The fraction of sp³-hybridized carbons (Fsp3) is 0.250. The third kappa shape index (κ3) is 3.28. The van der Waals surface area contributed by atoms with Crippen molar-refractivity contribution in [1.29, 1.82) is 0 Å². The van der Waals surface area contributed by atoms with Crippen molar-refractivity contribution < 1.29 is 27.5 Å². The van der Waals surface area contributed by atoms with Gasteiger partial charge < -0.3 is 14.4 Å². The number of benzene rings is 1. The van der Waals surface area contributed by atoms with Crippen LogP contribution in [-0.2, 0) is 23.0 Å². The molecule has 3 N–H and O–H groups in total. The molecular weight excluding hydrogens is 348 g/mol. The van der Waals surface area contributed by atoms with Crippen LogP contribution < -0.4 is 5.14 Å². The number of carboxylic acids is 1. The Kier molecular flexibility index (Phi) is 4.13. The number of aryl methyl sites for hydroxylation is 1. The minimum atomic E-state index is -3.97. The van der Waals surface area contributed by atoms with E-state index in [2.05, 4.69) is 0 Å². The number of nitrogens with zero attached hydrogens (tertiary/aromatic N) is 1. The maximum Gasteiger partial charge on any atom is 0.335 e. The van der Waals surface area contributed by atoms with Crippen molar-refractivity contribution in [2.45, 2.75) is 24.8 Å². The van der Waals surface area contributed by atoms with Gasteiger partial charge in [0.25, 0.3) is 5.91 Å². The van der Waals surface area contributed by atoms with Gasteiger partial charge in [0.1, 0.15) is 10.7 Å². The molecule has 0 radical (unpaired) electrons. The van der Waals surface area contributed by atoms with Crippen molar-refractivity contribution >= 4 is 21.9 Å². The Morgan fingerprint density at radius 2 is 1.96 bits per heavy atom. The maximum atomic E-state index is 12.6. The van der Waals surface area contributed by atoms with Crippen molar-refractivity contribution in [1.82, 2.24) is 4.90 Å². The van der Waals surface area contributed by atoms with Crippen LogP contribution >= 0.6 is 0 Å². The van der Waals surface area contributed by atoms with Crippen molar-refractivity contribution in [3.8, 4) is 0 Å². The maximum absolute atomic E-state index is 12.6. The highest BCUT2D eigenvalue weighted by Crippen LogP contribution is 2.24. The van der Waals surface area contributed by atoms with Crippen LogP contribution in [0, 0.1) is 6.92 Å². The standard InChI is InChI=1S/C16H16N2O6S/c1-9-14(25(17,22)23)7-13(24-9)15(19)18-5-4-10-2-3-11(16(20)21)6-12(10)8-18/h2-3,6-7H,4-5,8H2,1H3,(H,20,21)(H2,17,22,23). The van der Waals surface area contributed by atoms with E-state index in [9.17, 15) is 18.0 Å². The lowest BCUT2D eigenvalue weighted by molar-refractivity contribution is 0.0696. The molecule has 0 saturated carbocycles. The van der Waals surface area contributed by atoms with Gasteiger partial charge in [0.2, 0.25) is 10.0 Å². The molecule has 0 spiro atoms. The molecule has 1 amide bonds. The molecule has 3 rings (SSSR count). The normalized spacial score (nSPS) is 14.2. The second kappa shape index (κ2) is 6.01. The summed E-state index contributed by atoms with van der Waals surface area (Å²) in [5, 5.41) is 14.2. The van der Waals surface area contributed by atoms with Crippen molar-refractivity contribution in [2.75, 3.05) is 6.54 Å². The highest BCUT2D eigenvalue weighted by Gasteiger charge is 2.27. The molecule has 0 unspecified atom stereocenters. The minimum Gasteiger partial charge on any atom is -0.478 e. The number of aromatic carboxylic acids is 1. The predicted octanol–water partition coefficient (Wildman–Crippen LogP) is 1.13. The Morgan fingerprint density at radius 1 is 1.24 bits per heavy atom. The first-order valence-corrected chi connectivity index (χ1v) is 8.99. The molecule has 1 aromatic heterocycles. The fourth-order valence-corrected chi connectivity index (χ4v) is 3.59. The summed E-state index contributed by atoms with van der Waals surface area (Å²) >= 11 is 0. The van der Waals surface area contributed by atoms with Gasteiger partial charge in [-0.25, -0.2) is 18.4 Å². The van der Waals surface area contributed by atoms with E-state index >= 15 is 0 Å². The molecule has 25 heavy (non-hydrogen) atoms. The van der Waals surface area contributed by atoms with Crippen LogP contribution in [0.15, 0.2) is 33.6 Å². The number of hydrogen-bond donors (Lipinski definition) is 2. The molecule has 0 bridgehead atoms. The third-order valence-corrected chi connectivity index (χ3v) is 5.16. The van der Waals surface area contributed by atoms with Gasteiger partial charge in [-0.2, -0.15) is 0 Å². The lowest BCUT2D eigenvalue weighted by Crippen LogP contribution is -2.35. The Labute approximate surface area is 143 Å². The highest BCUT2D eigenvalue weighted by atomic mass is 32.2. The summed E-state index contributed by atoms with van der Waals surface area (Å²) in [5.41, 5.74) is 1.88. The zero-order chi connectivity index (χ0) is 18.4. The number of rotatable bonds is 3. The second-order valence-electron chi connectivity index (χ2n) is 5.84. The Hall–Kier alpha value is -2.65. The number of primary sulfonamides is 1. The Balaban J connectivity index is 1.88. The fourth-order valence-electron chi connectivity index (χ4n) is 2.87. The van der Waals surface area contributed by atoms with Gasteiger partial charge in [0.15, 0.2) is 5.76 Å². The Morgan fingerprint density at radius 3 is 2.56 bits per heavy atom. The molecule has 0 fully saturated rings. The van der Waals surface area contributed by atoms with Gasteiger partial charge in [0, 0.05) is 19.2 Å². The van der Waals surface area contributed by atoms with Gasteiger partial charge in [-0.1, -0.05) is 6.07 Å². The van der Waals surface area contributed by atoms with Gasteiger partial charge >= 0.3 is 5.97 Å². The number of carbonyl (C=O) groups is 2. The monoisotopic (exact) mass is 364 g/mol. The van der Waals surface area contributed by atoms with E-state index in [1.807, 2.05) is 0 Å². The predicted molar refractivity (Wildman–Crippen MR) is 86.7 cm³/mol. The van der Waals surface area contributed by atoms with Gasteiger partial charge in [-0.15, -0.1) is 0 Å². The number of carbonyl (C=O) groups excluding carboxylic acids is 1. The minimum absolute atomic E-state index is 0.0522. The number of fused-ring (bicyclic) bond motifs is 1. The van der Waals surface area contributed by atoms with Crippen LogP contribution in [0.25, 0.3) is 0 Å². The number of hydrogen-bond acceptors (Lipinski definition) is 5. The first kappa shape index (κ1) is 17.2. The van der Waals surface area contributed by atoms with Gasteiger partial charge in [0.05, 0.1) is 5.56 Å². The number of furan rings is 1. The number of carboxylic acid groups (broad SMARTS) is 1. The summed E-state index contributed by atoms with van der Waals surface area (Å²) in [6.45, 7) is 2.06. The molecule has 1 aliphatic heterocycles. The first-order valence-electron chi connectivity index (χ1n) is 7.44. The van der Waals surface area contributed by atoms with E-state index in [1.165, 1.54) is 17.9 Å². The lowest BCUT2D eigenvalue weighted by Gasteiger charge is -2.28. The average Bonchev–Trinajstić information content (AvgIpc) is 2.95. The number of sulfonamides is 1. The van der Waals surface area contributed by atoms with Gasteiger partial charge in [-0.3, -0.25) is 4.79 Å². The Bertz CT molecular complexity index is 977. The molecule has 9 heteroatoms. The summed E-state index contributed by atoms with van der Waals surface area (Å²) < 4.78 is 28.2. The summed E-state index contributed by atoms with van der Waals surface area (Å²) in [6, 6.07) is 5.94. The van der Waals surface area contributed by atoms with E-state index in [1.54, 1.807) is 12.1 Å². The lowest BCUT2D eigenvalue weighted by atomic mass is 9.97. The number of nitrogens with two attached hydrogens (primary N) is 1. The van der Waals surface area contributed by atoms with Crippen LogP contribution in [0.3, 0.4) is 0 Å².